The minimum Gasteiger partial charge on any atom is -0.476 e. The van der Waals surface area contributed by atoms with Gasteiger partial charge in [0.1, 0.15) is 0 Å². The summed E-state index contributed by atoms with van der Waals surface area (Å²) in [6.45, 7) is 1.02. The summed E-state index contributed by atoms with van der Waals surface area (Å²) < 4.78 is 17.3. The Morgan fingerprint density at radius 2 is 2.45 bits per heavy atom. The first-order chi connectivity index (χ1) is 5.20. The Kier molecular flexibility index (Phi) is 2.59. The van der Waals surface area contributed by atoms with Gasteiger partial charge >= 0.3 is 5.97 Å². The third-order valence-corrected chi connectivity index (χ3v) is 1.55. The molecule has 1 aliphatic rings. The molecule has 0 amide bonds. The molecule has 0 saturated carbocycles. The molecular weight excluding hydrogens is 151 g/mol. The van der Waals surface area contributed by atoms with Crippen LogP contribution in [0, 0.1) is 5.92 Å². The topological polar surface area (TPSA) is 46.5 Å². The van der Waals surface area contributed by atoms with E-state index >= 15 is 0 Å². The highest BCUT2D eigenvalue weighted by Crippen LogP contribution is 2.16. The van der Waals surface area contributed by atoms with Gasteiger partial charge in [-0.05, 0) is 12.5 Å². The van der Waals surface area contributed by atoms with Gasteiger partial charge in [-0.25, -0.2) is 4.79 Å². The first kappa shape index (κ1) is 8.20. The van der Waals surface area contributed by atoms with E-state index in [1.165, 1.54) is 0 Å². The Bertz CT molecular complexity index is 182. The van der Waals surface area contributed by atoms with Crippen molar-refractivity contribution in [3.8, 4) is 0 Å². The van der Waals surface area contributed by atoms with Crippen molar-refractivity contribution in [1.29, 1.82) is 0 Å². The van der Waals surface area contributed by atoms with E-state index in [2.05, 4.69) is 0 Å². The van der Waals surface area contributed by atoms with Crippen molar-refractivity contribution in [2.24, 2.45) is 5.92 Å². The van der Waals surface area contributed by atoms with Crippen molar-refractivity contribution >= 4 is 5.97 Å². The van der Waals surface area contributed by atoms with E-state index in [1.807, 2.05) is 0 Å². The first-order valence-corrected chi connectivity index (χ1v) is 3.38. The summed E-state index contributed by atoms with van der Waals surface area (Å²) in [7, 11) is 0. The Balaban J connectivity index is 2.49. The molecule has 1 unspecified atom stereocenters. The monoisotopic (exact) mass is 160 g/mol. The molecule has 1 N–H and O–H groups in total. The van der Waals surface area contributed by atoms with Gasteiger partial charge in [0.15, 0.2) is 0 Å². The fourth-order valence-electron chi connectivity index (χ4n) is 0.962. The van der Waals surface area contributed by atoms with Crippen LogP contribution in [0.3, 0.4) is 0 Å². The lowest BCUT2D eigenvalue weighted by Gasteiger charge is -1.97. The molecule has 1 heterocycles. The van der Waals surface area contributed by atoms with Crippen molar-refractivity contribution in [3.63, 3.8) is 0 Å². The number of halogens is 1. The fourth-order valence-corrected chi connectivity index (χ4v) is 0.962. The summed E-state index contributed by atoms with van der Waals surface area (Å²) in [5.41, 5.74) is 0. The molecule has 0 radical (unpaired) electrons. The largest absolute Gasteiger partial charge is 0.476 e. The molecule has 1 aliphatic heterocycles. The number of ether oxygens (including phenoxy) is 1. The van der Waals surface area contributed by atoms with Gasteiger partial charge in [-0.15, -0.1) is 0 Å². The number of carboxylic acids is 1. The van der Waals surface area contributed by atoms with Crippen molar-refractivity contribution in [1.82, 2.24) is 0 Å². The Morgan fingerprint density at radius 1 is 1.73 bits per heavy atom. The standard InChI is InChI=1S/C7H9FO3/c8-6(7(9)10)3-5-1-2-11-4-5/h3,5H,1-2,4H2,(H,9,10)/b6-3-. The third-order valence-electron chi connectivity index (χ3n) is 1.55. The predicted octanol–water partition coefficient (Wildman–Crippen LogP) is 0.961. The maximum absolute atomic E-state index is 12.4. The van der Waals surface area contributed by atoms with Crippen molar-refractivity contribution in [3.05, 3.63) is 11.9 Å². The second kappa shape index (κ2) is 3.48. The predicted molar refractivity (Wildman–Crippen MR) is 35.8 cm³/mol. The highest BCUT2D eigenvalue weighted by molar-refractivity contribution is 5.83. The molecule has 3 nitrogen and oxygen atoms in total. The van der Waals surface area contributed by atoms with Crippen LogP contribution in [0.2, 0.25) is 0 Å². The molecule has 0 aromatic carbocycles. The lowest BCUT2D eigenvalue weighted by molar-refractivity contribution is -0.134. The molecular formula is C7H9FO3. The van der Waals surface area contributed by atoms with Gasteiger partial charge in [0.05, 0.1) is 6.61 Å². The smallest absolute Gasteiger partial charge is 0.364 e. The number of carboxylic acid groups (broad SMARTS) is 1. The first-order valence-electron chi connectivity index (χ1n) is 3.38. The van der Waals surface area contributed by atoms with Crippen LogP contribution in [0.15, 0.2) is 11.9 Å². The summed E-state index contributed by atoms with van der Waals surface area (Å²) >= 11 is 0. The number of hydrogen-bond donors (Lipinski definition) is 1. The van der Waals surface area contributed by atoms with Gasteiger partial charge in [-0.2, -0.15) is 4.39 Å². The van der Waals surface area contributed by atoms with Gasteiger partial charge in [-0.3, -0.25) is 0 Å². The molecule has 4 heteroatoms. The quantitative estimate of drug-likeness (QED) is 0.612. The molecule has 1 atom stereocenters. The van der Waals surface area contributed by atoms with Crippen LogP contribution in [-0.4, -0.2) is 24.3 Å². The normalized spacial score (nSPS) is 25.5. The maximum atomic E-state index is 12.4. The molecule has 11 heavy (non-hydrogen) atoms. The lowest BCUT2D eigenvalue weighted by atomic mass is 10.1. The van der Waals surface area contributed by atoms with Crippen molar-refractivity contribution < 1.29 is 19.0 Å². The van der Waals surface area contributed by atoms with Gasteiger partial charge < -0.3 is 9.84 Å². The molecule has 1 fully saturated rings. The third kappa shape index (κ3) is 2.31. The zero-order valence-corrected chi connectivity index (χ0v) is 5.92. The molecule has 1 rings (SSSR count). The minimum atomic E-state index is -1.50. The van der Waals surface area contributed by atoms with Crippen molar-refractivity contribution in [2.75, 3.05) is 13.2 Å². The van der Waals surface area contributed by atoms with E-state index in [-0.39, 0.29) is 5.92 Å². The summed E-state index contributed by atoms with van der Waals surface area (Å²) in [6.07, 6.45) is 1.82. The number of carbonyl (C=O) groups is 1. The molecule has 0 bridgehead atoms. The van der Waals surface area contributed by atoms with Gasteiger partial charge in [0.2, 0.25) is 5.83 Å². The second-order valence-electron chi connectivity index (χ2n) is 2.44. The summed E-state index contributed by atoms with van der Waals surface area (Å²) in [4.78, 5) is 10.0. The number of hydrogen-bond acceptors (Lipinski definition) is 2. The summed E-state index contributed by atoms with van der Waals surface area (Å²) in [5.74, 6) is -2.65. The fraction of sp³-hybridized carbons (Fsp3) is 0.571. The second-order valence-corrected chi connectivity index (χ2v) is 2.44. The Hall–Kier alpha value is -0.900. The Morgan fingerprint density at radius 3 is 2.91 bits per heavy atom. The summed E-state index contributed by atoms with van der Waals surface area (Å²) in [5, 5.41) is 8.16. The van der Waals surface area contributed by atoms with Gasteiger partial charge in [-0.1, -0.05) is 0 Å². The molecule has 0 spiro atoms. The van der Waals surface area contributed by atoms with E-state index in [0.29, 0.717) is 19.6 Å². The van der Waals surface area contributed by atoms with E-state index in [1.54, 1.807) is 0 Å². The van der Waals surface area contributed by atoms with Crippen LogP contribution < -0.4 is 0 Å². The van der Waals surface area contributed by atoms with Crippen LogP contribution in [0.4, 0.5) is 4.39 Å². The Labute approximate surface area is 63.5 Å². The van der Waals surface area contributed by atoms with E-state index in [9.17, 15) is 9.18 Å². The molecule has 1 saturated heterocycles. The molecule has 0 aromatic rings. The van der Waals surface area contributed by atoms with Crippen LogP contribution in [0.1, 0.15) is 6.42 Å². The van der Waals surface area contributed by atoms with Crippen LogP contribution in [0.25, 0.3) is 0 Å². The van der Waals surface area contributed by atoms with Gasteiger partial charge in [0.25, 0.3) is 0 Å². The number of aliphatic carboxylic acids is 1. The van der Waals surface area contributed by atoms with Crippen LogP contribution in [0.5, 0.6) is 0 Å². The molecule has 62 valence electrons. The van der Waals surface area contributed by atoms with Crippen LogP contribution >= 0.6 is 0 Å². The molecule has 0 aliphatic carbocycles. The summed E-state index contributed by atoms with van der Waals surface area (Å²) in [6, 6.07) is 0. The maximum Gasteiger partial charge on any atom is 0.364 e. The highest BCUT2D eigenvalue weighted by Gasteiger charge is 2.16. The lowest BCUT2D eigenvalue weighted by Crippen LogP contribution is -2.00. The zero-order chi connectivity index (χ0) is 8.27. The van der Waals surface area contributed by atoms with Gasteiger partial charge in [0, 0.05) is 12.5 Å². The zero-order valence-electron chi connectivity index (χ0n) is 5.92. The van der Waals surface area contributed by atoms with E-state index in [0.717, 1.165) is 6.08 Å². The average molecular weight is 160 g/mol. The van der Waals surface area contributed by atoms with E-state index in [4.69, 9.17) is 9.84 Å². The number of rotatable bonds is 2. The van der Waals surface area contributed by atoms with Crippen LogP contribution in [-0.2, 0) is 9.53 Å². The molecule has 0 aromatic heterocycles. The highest BCUT2D eigenvalue weighted by atomic mass is 19.1. The minimum absolute atomic E-state index is 0.0638. The SMILES string of the molecule is O=C(O)/C(F)=C/C1CCOC1. The van der Waals surface area contributed by atoms with E-state index < -0.39 is 11.8 Å². The average Bonchev–Trinajstić information content (AvgIpc) is 2.39. The van der Waals surface area contributed by atoms with Crippen molar-refractivity contribution in [2.45, 2.75) is 6.42 Å².